The summed E-state index contributed by atoms with van der Waals surface area (Å²) in [4.78, 5) is 0. The van der Waals surface area contributed by atoms with Crippen molar-refractivity contribution < 1.29 is 0 Å². The van der Waals surface area contributed by atoms with Gasteiger partial charge in [0.05, 0.1) is 0 Å². The molecule has 1 heteroatoms. The highest BCUT2D eigenvalue weighted by Crippen LogP contribution is 2.42. The second-order valence-electron chi connectivity index (χ2n) is 6.93. The second kappa shape index (κ2) is 6.56. The maximum Gasteiger partial charge on any atom is -0.00772 e. The maximum absolute atomic E-state index is 5.56. The molecule has 0 radical (unpaired) electrons. The van der Waals surface area contributed by atoms with E-state index in [1.807, 2.05) is 0 Å². The van der Waals surface area contributed by atoms with Crippen LogP contribution >= 0.6 is 0 Å². The van der Waals surface area contributed by atoms with Gasteiger partial charge in [-0.1, -0.05) is 38.1 Å². The van der Waals surface area contributed by atoms with E-state index in [0.29, 0.717) is 5.41 Å². The lowest BCUT2D eigenvalue weighted by Gasteiger charge is -2.34. The summed E-state index contributed by atoms with van der Waals surface area (Å²) in [6.45, 7) is 5.64. The Hall–Kier alpha value is -0.820. The van der Waals surface area contributed by atoms with Gasteiger partial charge in [0, 0.05) is 0 Å². The predicted molar refractivity (Wildman–Crippen MR) is 83.4 cm³/mol. The van der Waals surface area contributed by atoms with Crippen LogP contribution in [-0.2, 0) is 6.42 Å². The molecule has 2 rings (SSSR count). The van der Waals surface area contributed by atoms with Gasteiger partial charge in [-0.2, -0.15) is 0 Å². The minimum atomic E-state index is 0.565. The van der Waals surface area contributed by atoms with Crippen molar-refractivity contribution in [3.63, 3.8) is 0 Å². The van der Waals surface area contributed by atoms with E-state index in [1.54, 1.807) is 5.56 Å². The number of benzene rings is 1. The normalized spacial score (nSPS) is 19.5. The summed E-state index contributed by atoms with van der Waals surface area (Å²) in [5.41, 5.74) is 9.20. The van der Waals surface area contributed by atoms with Gasteiger partial charge in [0.15, 0.2) is 0 Å². The van der Waals surface area contributed by atoms with Gasteiger partial charge in [0.25, 0.3) is 0 Å². The van der Waals surface area contributed by atoms with E-state index in [1.165, 1.54) is 44.1 Å². The van der Waals surface area contributed by atoms with Gasteiger partial charge in [-0.3, -0.25) is 0 Å². The largest absolute Gasteiger partial charge is 0.330 e. The van der Waals surface area contributed by atoms with Crippen LogP contribution in [0.15, 0.2) is 24.3 Å². The first-order valence-electron chi connectivity index (χ1n) is 7.90. The third kappa shape index (κ3) is 4.35. The zero-order valence-electron chi connectivity index (χ0n) is 12.6. The lowest BCUT2D eigenvalue weighted by Crippen LogP contribution is -2.20. The van der Waals surface area contributed by atoms with Crippen LogP contribution in [0.5, 0.6) is 0 Å². The summed E-state index contributed by atoms with van der Waals surface area (Å²) >= 11 is 0. The molecule has 1 aromatic rings. The Balaban J connectivity index is 1.95. The molecule has 0 atom stereocenters. The molecule has 0 unspecified atom stereocenters. The van der Waals surface area contributed by atoms with Crippen LogP contribution in [0.4, 0.5) is 0 Å². The van der Waals surface area contributed by atoms with E-state index in [-0.39, 0.29) is 0 Å². The SMILES string of the molecule is CC1(C)CCC(c2cccc(CCCCN)c2)CC1. The topological polar surface area (TPSA) is 26.0 Å². The summed E-state index contributed by atoms with van der Waals surface area (Å²) in [6.07, 6.45) is 9.01. The van der Waals surface area contributed by atoms with Gasteiger partial charge in [-0.05, 0) is 74.0 Å². The van der Waals surface area contributed by atoms with Crippen molar-refractivity contribution in [3.05, 3.63) is 35.4 Å². The Labute approximate surface area is 118 Å². The van der Waals surface area contributed by atoms with Gasteiger partial charge >= 0.3 is 0 Å². The first-order valence-corrected chi connectivity index (χ1v) is 7.90. The van der Waals surface area contributed by atoms with Crippen molar-refractivity contribution >= 4 is 0 Å². The predicted octanol–water partition coefficient (Wildman–Crippen LogP) is 4.65. The lowest BCUT2D eigenvalue weighted by atomic mass is 9.71. The molecule has 1 saturated carbocycles. The average Bonchev–Trinajstić information content (AvgIpc) is 2.39. The molecule has 2 N–H and O–H groups in total. The smallest absolute Gasteiger partial charge is 0.00772 e. The number of aryl methyl sites for hydroxylation is 1. The van der Waals surface area contributed by atoms with Gasteiger partial charge in [0.1, 0.15) is 0 Å². The van der Waals surface area contributed by atoms with Crippen molar-refractivity contribution in [2.75, 3.05) is 6.54 Å². The minimum absolute atomic E-state index is 0.565. The fourth-order valence-corrected chi connectivity index (χ4v) is 3.21. The molecule has 1 aromatic carbocycles. The third-order valence-electron chi connectivity index (χ3n) is 4.68. The standard InChI is InChI=1S/C18H29N/c1-18(2)11-9-16(10-12-18)17-8-5-7-15(14-17)6-3-4-13-19/h5,7-8,14,16H,3-4,6,9-13,19H2,1-2H3. The molecule has 1 fully saturated rings. The summed E-state index contributed by atoms with van der Waals surface area (Å²) in [5.74, 6) is 0.794. The van der Waals surface area contributed by atoms with Crippen molar-refractivity contribution in [2.45, 2.75) is 64.7 Å². The lowest BCUT2D eigenvalue weighted by molar-refractivity contribution is 0.224. The molecule has 1 aliphatic rings. The van der Waals surface area contributed by atoms with E-state index in [9.17, 15) is 0 Å². The van der Waals surface area contributed by atoms with E-state index < -0.39 is 0 Å². The molecule has 1 aliphatic carbocycles. The highest BCUT2D eigenvalue weighted by atomic mass is 14.5. The molecule has 0 aromatic heterocycles. The molecule has 0 aliphatic heterocycles. The summed E-state index contributed by atoms with van der Waals surface area (Å²) in [7, 11) is 0. The highest BCUT2D eigenvalue weighted by molar-refractivity contribution is 5.27. The van der Waals surface area contributed by atoms with Crippen LogP contribution in [0, 0.1) is 5.41 Å². The number of rotatable bonds is 5. The van der Waals surface area contributed by atoms with Crippen LogP contribution < -0.4 is 5.73 Å². The minimum Gasteiger partial charge on any atom is -0.330 e. The Kier molecular flexibility index (Phi) is 5.04. The number of nitrogens with two attached hydrogens (primary N) is 1. The van der Waals surface area contributed by atoms with Crippen LogP contribution in [0.3, 0.4) is 0 Å². The zero-order chi connectivity index (χ0) is 13.7. The molecule has 0 spiro atoms. The Morgan fingerprint density at radius 1 is 1.16 bits per heavy atom. The average molecular weight is 259 g/mol. The monoisotopic (exact) mass is 259 g/mol. The Morgan fingerprint density at radius 3 is 2.58 bits per heavy atom. The molecule has 0 saturated heterocycles. The van der Waals surface area contributed by atoms with Gasteiger partial charge in [-0.15, -0.1) is 0 Å². The van der Waals surface area contributed by atoms with Gasteiger partial charge < -0.3 is 5.73 Å². The summed E-state index contributed by atoms with van der Waals surface area (Å²) < 4.78 is 0. The fraction of sp³-hybridized carbons (Fsp3) is 0.667. The molecule has 0 amide bonds. The van der Waals surface area contributed by atoms with Gasteiger partial charge in [0.2, 0.25) is 0 Å². The Morgan fingerprint density at radius 2 is 1.89 bits per heavy atom. The van der Waals surface area contributed by atoms with Crippen LogP contribution in [0.25, 0.3) is 0 Å². The van der Waals surface area contributed by atoms with Gasteiger partial charge in [-0.25, -0.2) is 0 Å². The Bertz CT molecular complexity index is 384. The second-order valence-corrected chi connectivity index (χ2v) is 6.93. The summed E-state index contributed by atoms with van der Waals surface area (Å²) in [5, 5.41) is 0. The van der Waals surface area contributed by atoms with Crippen LogP contribution in [0.1, 0.15) is 69.4 Å². The quantitative estimate of drug-likeness (QED) is 0.765. The number of unbranched alkanes of at least 4 members (excludes halogenated alkanes) is 1. The first-order chi connectivity index (χ1) is 9.11. The molecular formula is C18H29N. The zero-order valence-corrected chi connectivity index (χ0v) is 12.6. The number of hydrogen-bond donors (Lipinski definition) is 1. The molecule has 1 nitrogen and oxygen atoms in total. The molecule has 106 valence electrons. The summed E-state index contributed by atoms with van der Waals surface area (Å²) in [6, 6.07) is 9.29. The third-order valence-corrected chi connectivity index (χ3v) is 4.68. The van der Waals surface area contributed by atoms with Crippen molar-refractivity contribution in [3.8, 4) is 0 Å². The molecule has 0 bridgehead atoms. The molecule has 19 heavy (non-hydrogen) atoms. The van der Waals surface area contributed by atoms with Crippen molar-refractivity contribution in [1.29, 1.82) is 0 Å². The first kappa shape index (κ1) is 14.6. The van der Waals surface area contributed by atoms with E-state index in [2.05, 4.69) is 38.1 Å². The van der Waals surface area contributed by atoms with Crippen molar-refractivity contribution in [2.24, 2.45) is 11.1 Å². The molecule has 0 heterocycles. The maximum atomic E-state index is 5.56. The van der Waals surface area contributed by atoms with Crippen LogP contribution in [0.2, 0.25) is 0 Å². The van der Waals surface area contributed by atoms with Crippen molar-refractivity contribution in [1.82, 2.24) is 0 Å². The molecular weight excluding hydrogens is 230 g/mol. The van der Waals surface area contributed by atoms with E-state index >= 15 is 0 Å². The highest BCUT2D eigenvalue weighted by Gasteiger charge is 2.27. The van der Waals surface area contributed by atoms with E-state index in [4.69, 9.17) is 5.73 Å². The van der Waals surface area contributed by atoms with E-state index in [0.717, 1.165) is 18.9 Å². The van der Waals surface area contributed by atoms with Crippen LogP contribution in [-0.4, -0.2) is 6.54 Å². The number of hydrogen-bond acceptors (Lipinski definition) is 1. The fourth-order valence-electron chi connectivity index (χ4n) is 3.21.